The predicted octanol–water partition coefficient (Wildman–Crippen LogP) is 28.3. The first-order valence-electron chi connectivity index (χ1n) is 47.8. The molecule has 0 aliphatic rings. The highest BCUT2D eigenvalue weighted by atomic mass is 35.5. The Bertz CT molecular complexity index is 6750. The Morgan fingerprint density at radius 2 is 0.701 bits per heavy atom. The van der Waals surface area contributed by atoms with E-state index in [-0.39, 0.29) is 75.5 Å². The number of fused-ring (bicyclic) bond motifs is 4. The van der Waals surface area contributed by atoms with E-state index in [1.54, 1.807) is 31.2 Å². The van der Waals surface area contributed by atoms with Crippen LogP contribution in [-0.2, 0) is 73.0 Å². The molecule has 0 aliphatic carbocycles. The second-order valence-electron chi connectivity index (χ2n) is 40.6. The summed E-state index contributed by atoms with van der Waals surface area (Å²) in [6, 6.07) is 55.2. The average Bonchev–Trinajstić information content (AvgIpc) is 0.731. The molecule has 134 heavy (non-hydrogen) atoms. The fraction of sp³-hybridized carbons (Fsp3) is 0.407. The van der Waals surface area contributed by atoms with Crippen LogP contribution in [0.2, 0.25) is 5.02 Å². The van der Waals surface area contributed by atoms with Gasteiger partial charge in [-0.05, 0) is 234 Å². The predicted molar refractivity (Wildman–Crippen MR) is 567 cm³/mol. The van der Waals surface area contributed by atoms with Crippen molar-refractivity contribution in [2.75, 3.05) is 14.2 Å². The van der Waals surface area contributed by atoms with Crippen molar-refractivity contribution in [2.24, 2.45) is 0 Å². The molecule has 2 N–H and O–H groups in total. The molecule has 0 bridgehead atoms. The molecule has 16 heteroatoms. The zero-order chi connectivity index (χ0) is 97.4. The molecule has 0 unspecified atom stereocenters. The maximum Gasteiger partial charge on any atom is 0.260 e. The van der Waals surface area contributed by atoms with Crippen LogP contribution in [-0.4, -0.2) is 52.3 Å². The molecule has 0 spiro atoms. The number of aryl methyl sites for hydroxylation is 6. The molecule has 0 aliphatic heterocycles. The van der Waals surface area contributed by atoms with E-state index in [0.29, 0.717) is 11.9 Å². The number of halogens is 1. The summed E-state index contributed by atoms with van der Waals surface area (Å²) in [6.07, 6.45) is 23.4. The topological polar surface area (TPSA) is 182 Å². The summed E-state index contributed by atoms with van der Waals surface area (Å²) < 4.78 is 20.6. The van der Waals surface area contributed by atoms with Crippen molar-refractivity contribution in [3.8, 4) is 67.1 Å². The average molecular weight is 1830 g/mol. The van der Waals surface area contributed by atoms with Crippen LogP contribution in [0.3, 0.4) is 0 Å². The Morgan fingerprint density at radius 3 is 1.10 bits per heavy atom. The van der Waals surface area contributed by atoms with Crippen LogP contribution in [0.25, 0.3) is 98.7 Å². The lowest BCUT2D eigenvalue weighted by Gasteiger charge is -2.26. The van der Waals surface area contributed by atoms with Crippen LogP contribution in [0, 0.1) is 20.8 Å². The standard InChI is InChI=1S/C24H30N2O3.C24H29NO2.C23H26ClNO.C23H33NO2.C23H27NO.CH4/c1-6-7-10-26-14-20(17-8-9-25-13-19(17)23(26)28)18-12-22(29-5)21(24(2,3)4)11-16(18)15-27;1-6-7-14-25-16-20(18-10-8-9-11-19(18)23(25)26)17-12-13-21(24(2,3)4)22(15-17)27-5;1-5-6-13-25-15-19(17-9-7-8-10-18(17)22(25)26)16-11-12-20(21(24)14-16)23(2,3)4;1-8-9-10-24-13-20(16(3)17(4)22(24)26)18-11-15(2)21(23(5,6)7)19(12-18)14-25;1-5-6-15-24-16-21(19-9-7-8-10-20(19)22(24)25)17-11-13-18(14-12-17)23(2,3)4;/h8-9,11-14,27H,6-7,10,15H2,1-5H3;8-13,15-16H,6-7,14H2,1-5H3;7-12,14-15H,5-6,13H2,1-4H3;11-13,25H,8-10,14H2,1-7H3;7-14,16H,5-6,15H2,1-4H3;1H4. The molecule has 14 aromatic rings. The molecule has 6 aromatic heterocycles. The summed E-state index contributed by atoms with van der Waals surface area (Å²) in [6.45, 7) is 52.9. The first-order chi connectivity index (χ1) is 63.0. The SMILES string of the molecule is C.CCCCn1cc(-c2cc(C)c(C(C)(C)C)c(CO)c2)c(C)c(C)c1=O.CCCCn1cc(-c2cc(OC)c(C(C)(C)C)cc2CO)c2ccncc2c1=O.CCCCn1cc(-c2ccc(C(C)(C)C)c(Cl)c2)c2ccccc2c1=O.CCCCn1cc(-c2ccc(C(C)(C)C)c(OC)c2)c2ccccc2c1=O.CCCCn1cc(-c2ccc(C(C)(C)C)cc2)c2ccccc2c1=O. The van der Waals surface area contributed by atoms with Crippen molar-refractivity contribution in [2.45, 2.75) is 304 Å². The number of methoxy groups -OCH3 is 2. The van der Waals surface area contributed by atoms with Gasteiger partial charge in [0.2, 0.25) is 0 Å². The summed E-state index contributed by atoms with van der Waals surface area (Å²) in [5.41, 5.74) is 21.5. The number of rotatable bonds is 24. The summed E-state index contributed by atoms with van der Waals surface area (Å²) in [4.78, 5) is 68.1. The number of aliphatic hydroxyl groups is 2. The van der Waals surface area contributed by atoms with Crippen LogP contribution in [0.5, 0.6) is 11.5 Å². The lowest BCUT2D eigenvalue weighted by molar-refractivity contribution is 0.278. The minimum absolute atomic E-state index is 0. The van der Waals surface area contributed by atoms with Gasteiger partial charge in [-0.2, -0.15) is 0 Å². The Labute approximate surface area is 802 Å². The van der Waals surface area contributed by atoms with Gasteiger partial charge in [0.05, 0.1) is 32.8 Å². The fourth-order valence-electron chi connectivity index (χ4n) is 17.7. The maximum atomic E-state index is 12.9. The Kier molecular flexibility index (Phi) is 36.6. The number of ether oxygens (including phenoxy) is 2. The molecule has 0 saturated heterocycles. The van der Waals surface area contributed by atoms with Crippen molar-refractivity contribution in [3.05, 3.63) is 320 Å². The zero-order valence-electron chi connectivity index (χ0n) is 84.0. The Balaban J connectivity index is 0.000000188. The second-order valence-corrected chi connectivity index (χ2v) is 41.0. The molecule has 14 rings (SSSR count). The first kappa shape index (κ1) is 106. The molecule has 6 heterocycles. The minimum atomic E-state index is -0.125. The lowest BCUT2D eigenvalue weighted by atomic mass is 9.79. The molecule has 0 atom stereocenters. The molecule has 0 radical (unpaired) electrons. The monoisotopic (exact) mass is 1830 g/mol. The third kappa shape index (κ3) is 25.0. The number of aliphatic hydroxyl groups excluding tert-OH is 2. The lowest BCUT2D eigenvalue weighted by Crippen LogP contribution is -2.23. The highest BCUT2D eigenvalue weighted by Crippen LogP contribution is 2.43. The maximum absolute atomic E-state index is 12.9. The third-order valence-corrected chi connectivity index (χ3v) is 25.6. The van der Waals surface area contributed by atoms with Crippen LogP contribution >= 0.6 is 11.6 Å². The highest BCUT2D eigenvalue weighted by molar-refractivity contribution is 6.32. The molecule has 0 amide bonds. The zero-order valence-corrected chi connectivity index (χ0v) is 84.7. The molecule has 0 saturated carbocycles. The molecular formula is C118H149ClN6O9. The van der Waals surface area contributed by atoms with Gasteiger partial charge < -0.3 is 42.5 Å². The number of hydrogen-bond acceptors (Lipinski definition) is 10. The van der Waals surface area contributed by atoms with E-state index < -0.39 is 0 Å². The fourth-order valence-corrected chi connectivity index (χ4v) is 18.2. The largest absolute Gasteiger partial charge is 0.496 e. The number of hydrogen-bond donors (Lipinski definition) is 2. The van der Waals surface area contributed by atoms with Gasteiger partial charge in [0, 0.05) is 131 Å². The van der Waals surface area contributed by atoms with Gasteiger partial charge in [-0.15, -0.1) is 0 Å². The van der Waals surface area contributed by atoms with E-state index in [4.69, 9.17) is 21.1 Å². The quantitative estimate of drug-likeness (QED) is 0.0591. The van der Waals surface area contributed by atoms with Gasteiger partial charge in [-0.25, -0.2) is 0 Å². The molecular weight excluding hydrogens is 1680 g/mol. The van der Waals surface area contributed by atoms with Gasteiger partial charge >= 0.3 is 0 Å². The van der Waals surface area contributed by atoms with E-state index in [2.05, 4.69) is 217 Å². The molecule has 15 nitrogen and oxygen atoms in total. The van der Waals surface area contributed by atoms with Crippen molar-refractivity contribution in [1.82, 2.24) is 27.8 Å². The van der Waals surface area contributed by atoms with Gasteiger partial charge in [0.1, 0.15) is 11.5 Å². The summed E-state index contributed by atoms with van der Waals surface area (Å²) in [7, 11) is 3.38. The van der Waals surface area contributed by atoms with Gasteiger partial charge in [0.25, 0.3) is 27.8 Å². The van der Waals surface area contributed by atoms with E-state index in [9.17, 15) is 34.2 Å². The summed E-state index contributed by atoms with van der Waals surface area (Å²) in [5, 5.41) is 27.6. The summed E-state index contributed by atoms with van der Waals surface area (Å²) in [5.74, 6) is 1.66. The number of aromatic nitrogens is 6. The van der Waals surface area contributed by atoms with Crippen LogP contribution in [0.1, 0.15) is 266 Å². The number of unbranched alkanes of at least 4 members (excludes halogenated alkanes) is 5. The normalized spacial score (nSPS) is 11.7. The van der Waals surface area contributed by atoms with Crippen molar-refractivity contribution < 1.29 is 19.7 Å². The van der Waals surface area contributed by atoms with Crippen molar-refractivity contribution >= 4 is 54.7 Å². The van der Waals surface area contributed by atoms with E-state index in [1.807, 2.05) is 160 Å². The van der Waals surface area contributed by atoms with Gasteiger partial charge in [-0.3, -0.25) is 29.0 Å². The molecule has 8 aromatic carbocycles. The van der Waals surface area contributed by atoms with E-state index in [0.717, 1.165) is 234 Å². The third-order valence-electron chi connectivity index (χ3n) is 25.3. The Hall–Kier alpha value is -11.5. The van der Waals surface area contributed by atoms with Crippen molar-refractivity contribution in [1.29, 1.82) is 0 Å². The van der Waals surface area contributed by atoms with Gasteiger partial charge in [-0.1, -0.05) is 299 Å². The molecule has 0 fully saturated rings. The number of nitrogens with zero attached hydrogens (tertiary/aromatic N) is 6. The smallest absolute Gasteiger partial charge is 0.260 e. The first-order valence-corrected chi connectivity index (χ1v) is 48.1. The van der Waals surface area contributed by atoms with Crippen LogP contribution in [0.15, 0.2) is 231 Å². The molecule has 712 valence electrons. The van der Waals surface area contributed by atoms with E-state index >= 15 is 0 Å². The second kappa shape index (κ2) is 46.2. The summed E-state index contributed by atoms with van der Waals surface area (Å²) >= 11 is 6.60. The van der Waals surface area contributed by atoms with Crippen LogP contribution in [0.4, 0.5) is 0 Å². The van der Waals surface area contributed by atoms with Crippen molar-refractivity contribution in [3.63, 3.8) is 0 Å². The van der Waals surface area contributed by atoms with E-state index in [1.165, 1.54) is 22.3 Å². The minimum Gasteiger partial charge on any atom is -0.496 e. The van der Waals surface area contributed by atoms with Crippen LogP contribution < -0.4 is 37.3 Å². The number of benzene rings is 8. The van der Waals surface area contributed by atoms with Gasteiger partial charge in [0.15, 0.2) is 0 Å². The Morgan fingerprint density at radius 1 is 0.336 bits per heavy atom. The number of pyridine rings is 6. The highest BCUT2D eigenvalue weighted by Gasteiger charge is 2.28.